The van der Waals surface area contributed by atoms with Gasteiger partial charge >= 0.3 is 0 Å². The van der Waals surface area contributed by atoms with Crippen molar-refractivity contribution in [2.75, 3.05) is 4.90 Å². The fraction of sp³-hybridized carbons (Fsp3) is 0.0154. The average Bonchev–Trinajstić information content (AvgIpc) is 3.93. The van der Waals surface area contributed by atoms with Crippen LogP contribution >= 0.6 is 11.3 Å². The summed E-state index contributed by atoms with van der Waals surface area (Å²) in [4.78, 5) is 2.52. The molecule has 2 heteroatoms. The van der Waals surface area contributed by atoms with Gasteiger partial charge in [0.05, 0.1) is 15.8 Å². The molecule has 11 aromatic carbocycles. The van der Waals surface area contributed by atoms with E-state index in [-0.39, 0.29) is 0 Å². The van der Waals surface area contributed by atoms with Crippen LogP contribution in [0, 0.1) is 0 Å². The van der Waals surface area contributed by atoms with Crippen LogP contribution in [-0.4, -0.2) is 0 Å². The van der Waals surface area contributed by atoms with Crippen LogP contribution in [0.5, 0.6) is 0 Å². The number of rotatable bonds is 6. The Morgan fingerprint density at radius 1 is 0.328 bits per heavy atom. The van der Waals surface area contributed by atoms with Crippen molar-refractivity contribution in [3.05, 3.63) is 271 Å². The smallest absolute Gasteiger partial charge is 0.0732 e. The normalized spacial score (nSPS) is 14.3. The Hall–Kier alpha value is -8.30. The van der Waals surface area contributed by atoms with E-state index in [1.54, 1.807) is 0 Å². The molecule has 1 unspecified atom stereocenters. The second-order valence-electron chi connectivity index (χ2n) is 17.9. The maximum absolute atomic E-state index is 2.54. The van der Waals surface area contributed by atoms with Gasteiger partial charge in [0.1, 0.15) is 0 Å². The number of thiophene rings is 1. The first kappa shape index (κ1) is 38.0. The number of anilines is 3. The molecule has 0 saturated carbocycles. The number of fused-ring (bicyclic) bond motifs is 12. The second kappa shape index (κ2) is 14.9. The van der Waals surface area contributed by atoms with Crippen molar-refractivity contribution < 1.29 is 0 Å². The van der Waals surface area contributed by atoms with Crippen molar-refractivity contribution in [3.63, 3.8) is 0 Å². The average molecular weight is 868 g/mol. The van der Waals surface area contributed by atoms with Crippen molar-refractivity contribution in [1.82, 2.24) is 0 Å². The monoisotopic (exact) mass is 867 g/mol. The SMILES string of the molecule is c1ccc(-c2ccccc2-c2ccc(N(c3ccc4c(c3)C3(c5ccccc5-4)c4ccccc4-c4cccc5ccc(-c6ccccc6)c3c45)c3cccc4c3sc3ccccc34)cc2)cc1. The van der Waals surface area contributed by atoms with E-state index >= 15 is 0 Å². The molecule has 0 saturated heterocycles. The van der Waals surface area contributed by atoms with E-state index < -0.39 is 5.41 Å². The van der Waals surface area contributed by atoms with Crippen molar-refractivity contribution in [2.24, 2.45) is 0 Å². The Bertz CT molecular complexity index is 3920. The van der Waals surface area contributed by atoms with E-state index in [9.17, 15) is 0 Å². The third-order valence-electron chi connectivity index (χ3n) is 14.5. The lowest BCUT2D eigenvalue weighted by Gasteiger charge is -2.41. The Balaban J connectivity index is 1.05. The minimum Gasteiger partial charge on any atom is -0.309 e. The summed E-state index contributed by atoms with van der Waals surface area (Å²) in [5, 5.41) is 5.15. The highest BCUT2D eigenvalue weighted by atomic mass is 32.1. The van der Waals surface area contributed by atoms with Gasteiger partial charge in [-0.1, -0.05) is 212 Å². The van der Waals surface area contributed by atoms with Crippen LogP contribution in [-0.2, 0) is 5.41 Å². The molecular weight excluding hydrogens is 827 g/mol. The minimum atomic E-state index is -0.613. The fourth-order valence-corrected chi connectivity index (χ4v) is 12.9. The molecule has 14 rings (SSSR count). The predicted molar refractivity (Wildman–Crippen MR) is 284 cm³/mol. The zero-order valence-corrected chi connectivity index (χ0v) is 37.3. The Kier molecular flexibility index (Phi) is 8.44. The van der Waals surface area contributed by atoms with Gasteiger partial charge in [0.25, 0.3) is 0 Å². The molecular formula is C65H41NS. The van der Waals surface area contributed by atoms with Crippen molar-refractivity contribution in [2.45, 2.75) is 5.41 Å². The van der Waals surface area contributed by atoms with Crippen LogP contribution < -0.4 is 4.90 Å². The molecule has 1 nitrogen and oxygen atoms in total. The Morgan fingerprint density at radius 2 is 0.851 bits per heavy atom. The maximum atomic E-state index is 2.54. The Labute approximate surface area is 394 Å². The summed E-state index contributed by atoms with van der Waals surface area (Å²) in [6, 6.07) is 92.7. The zero-order chi connectivity index (χ0) is 44.1. The molecule has 0 aliphatic heterocycles. The highest BCUT2D eigenvalue weighted by Gasteiger charge is 2.51. The van der Waals surface area contributed by atoms with Gasteiger partial charge in [0.15, 0.2) is 0 Å². The molecule has 0 fully saturated rings. The van der Waals surface area contributed by atoms with Gasteiger partial charge in [-0.3, -0.25) is 0 Å². The highest BCUT2D eigenvalue weighted by Crippen LogP contribution is 2.64. The molecule has 312 valence electrons. The van der Waals surface area contributed by atoms with Crippen LogP contribution in [0.15, 0.2) is 249 Å². The number of nitrogens with zero attached hydrogens (tertiary/aromatic N) is 1. The number of benzene rings is 11. The van der Waals surface area contributed by atoms with Crippen LogP contribution in [0.25, 0.3) is 86.6 Å². The maximum Gasteiger partial charge on any atom is 0.0732 e. The van der Waals surface area contributed by atoms with Gasteiger partial charge in [-0.05, 0) is 125 Å². The summed E-state index contributed by atoms with van der Waals surface area (Å²) in [6.07, 6.45) is 0. The van der Waals surface area contributed by atoms with Gasteiger partial charge in [0, 0.05) is 26.8 Å². The molecule has 1 atom stereocenters. The first-order valence-electron chi connectivity index (χ1n) is 23.2. The summed E-state index contributed by atoms with van der Waals surface area (Å²) < 4.78 is 2.56. The van der Waals surface area contributed by atoms with Crippen molar-refractivity contribution in [3.8, 4) is 55.6 Å². The molecule has 67 heavy (non-hydrogen) atoms. The molecule has 0 radical (unpaired) electrons. The summed E-state index contributed by atoms with van der Waals surface area (Å²) in [5.41, 5.74) is 20.6. The lowest BCUT2D eigenvalue weighted by Crippen LogP contribution is -2.32. The first-order chi connectivity index (χ1) is 33.3. The standard InChI is InChI=1S/C65H41NS/c1-3-17-42(18-4-1)48-22-7-8-23-49(48)44-33-36-46(37-34-44)66(60-31-16-28-56-54-26-11-14-32-61(54)67-64(56)60)47-38-40-53-51-24-9-12-29-57(51)65(59(53)41-47)58-30-13-10-25-52(58)55-27-15-21-45-35-39-50(63(65)62(45)55)43-19-5-2-6-20-43/h1-41H. The molecule has 1 heterocycles. The zero-order valence-electron chi connectivity index (χ0n) is 36.5. The molecule has 2 aliphatic carbocycles. The molecule has 12 aromatic rings. The molecule has 1 aromatic heterocycles. The van der Waals surface area contributed by atoms with Crippen molar-refractivity contribution in [1.29, 1.82) is 0 Å². The first-order valence-corrected chi connectivity index (χ1v) is 24.0. The molecule has 0 N–H and O–H groups in total. The molecule has 2 aliphatic rings. The summed E-state index contributed by atoms with van der Waals surface area (Å²) in [5.74, 6) is 0. The topological polar surface area (TPSA) is 3.24 Å². The Morgan fingerprint density at radius 3 is 1.58 bits per heavy atom. The summed E-state index contributed by atoms with van der Waals surface area (Å²) in [7, 11) is 0. The van der Waals surface area contributed by atoms with Crippen LogP contribution in [0.1, 0.15) is 22.3 Å². The molecule has 1 spiro atoms. The second-order valence-corrected chi connectivity index (χ2v) is 18.9. The van der Waals surface area contributed by atoms with E-state index in [0.29, 0.717) is 0 Å². The molecule has 0 amide bonds. The van der Waals surface area contributed by atoms with Crippen LogP contribution in [0.4, 0.5) is 17.1 Å². The highest BCUT2D eigenvalue weighted by molar-refractivity contribution is 7.26. The third-order valence-corrected chi connectivity index (χ3v) is 15.7. The fourth-order valence-electron chi connectivity index (χ4n) is 11.7. The molecule has 0 bridgehead atoms. The lowest BCUT2D eigenvalue weighted by atomic mass is 9.60. The van der Waals surface area contributed by atoms with Gasteiger partial charge in [-0.25, -0.2) is 0 Å². The van der Waals surface area contributed by atoms with E-state index in [4.69, 9.17) is 0 Å². The van der Waals surface area contributed by atoms with E-state index in [0.717, 1.165) is 11.4 Å². The summed E-state index contributed by atoms with van der Waals surface area (Å²) >= 11 is 1.88. The lowest BCUT2D eigenvalue weighted by molar-refractivity contribution is 0.775. The number of hydrogen-bond donors (Lipinski definition) is 0. The van der Waals surface area contributed by atoms with E-state index in [1.807, 2.05) is 11.3 Å². The minimum absolute atomic E-state index is 0.613. The van der Waals surface area contributed by atoms with E-state index in [1.165, 1.54) is 115 Å². The van der Waals surface area contributed by atoms with Crippen molar-refractivity contribution >= 4 is 59.3 Å². The van der Waals surface area contributed by atoms with Gasteiger partial charge in [-0.2, -0.15) is 0 Å². The predicted octanol–water partition coefficient (Wildman–Crippen LogP) is 18.0. The van der Waals surface area contributed by atoms with Gasteiger partial charge in [-0.15, -0.1) is 11.3 Å². The van der Waals surface area contributed by atoms with Gasteiger partial charge in [0.2, 0.25) is 0 Å². The summed E-state index contributed by atoms with van der Waals surface area (Å²) in [6.45, 7) is 0. The number of hydrogen-bond acceptors (Lipinski definition) is 2. The van der Waals surface area contributed by atoms with Crippen LogP contribution in [0.2, 0.25) is 0 Å². The van der Waals surface area contributed by atoms with Crippen LogP contribution in [0.3, 0.4) is 0 Å². The quantitative estimate of drug-likeness (QED) is 0.161. The van der Waals surface area contributed by atoms with E-state index in [2.05, 4.69) is 254 Å². The van der Waals surface area contributed by atoms with Gasteiger partial charge < -0.3 is 4.90 Å². The third kappa shape index (κ3) is 5.54. The largest absolute Gasteiger partial charge is 0.309 e.